The lowest BCUT2D eigenvalue weighted by Gasteiger charge is -2.46. The minimum atomic E-state index is 0.0830. The van der Waals surface area contributed by atoms with E-state index in [1.165, 1.54) is 16.7 Å². The smallest absolute Gasteiger partial charge is 0.0758 e. The molecule has 174 valence electrons. The van der Waals surface area contributed by atoms with Crippen LogP contribution in [0.4, 0.5) is 0 Å². The average Bonchev–Trinajstić information content (AvgIpc) is 2.87. The van der Waals surface area contributed by atoms with Crippen molar-refractivity contribution in [1.82, 2.24) is 4.90 Å². The molecule has 0 radical (unpaired) electrons. The highest BCUT2D eigenvalue weighted by Crippen LogP contribution is 2.30. The third kappa shape index (κ3) is 6.99. The second-order valence-electron chi connectivity index (χ2n) is 8.80. The molecule has 1 aliphatic rings. The van der Waals surface area contributed by atoms with E-state index in [2.05, 4.69) is 71.6 Å². The Labute approximate surface area is 197 Å². The fourth-order valence-corrected chi connectivity index (χ4v) is 4.75. The van der Waals surface area contributed by atoms with Gasteiger partial charge in [0.05, 0.1) is 32.0 Å². The summed E-state index contributed by atoms with van der Waals surface area (Å²) in [6.45, 7) is 2.82. The summed E-state index contributed by atoms with van der Waals surface area (Å²) in [7, 11) is 0. The van der Waals surface area contributed by atoms with E-state index in [1.54, 1.807) is 0 Å². The van der Waals surface area contributed by atoms with Gasteiger partial charge in [-0.25, -0.2) is 0 Å². The lowest BCUT2D eigenvalue weighted by atomic mass is 9.90. The van der Waals surface area contributed by atoms with Gasteiger partial charge in [0.15, 0.2) is 0 Å². The Bertz CT molecular complexity index is 919. The van der Waals surface area contributed by atoms with Crippen LogP contribution in [0.5, 0.6) is 0 Å². The highest BCUT2D eigenvalue weighted by atomic mass is 16.5. The lowest BCUT2D eigenvalue weighted by molar-refractivity contribution is -0.104. The van der Waals surface area contributed by atoms with Gasteiger partial charge in [0.1, 0.15) is 0 Å². The molecule has 0 saturated carbocycles. The van der Waals surface area contributed by atoms with Crippen LogP contribution in [-0.4, -0.2) is 41.4 Å². The Hall–Kier alpha value is -2.50. The molecule has 4 nitrogen and oxygen atoms in total. The Morgan fingerprint density at radius 3 is 1.91 bits per heavy atom. The number of rotatable bonds is 11. The first-order chi connectivity index (χ1) is 16.3. The number of piperidine rings is 1. The first kappa shape index (κ1) is 23.7. The maximum Gasteiger partial charge on any atom is 0.0758 e. The van der Waals surface area contributed by atoms with Crippen LogP contribution in [0.1, 0.15) is 36.0 Å². The van der Waals surface area contributed by atoms with Gasteiger partial charge in [-0.15, -0.1) is 0 Å². The van der Waals surface area contributed by atoms with E-state index in [0.29, 0.717) is 25.9 Å². The summed E-state index contributed by atoms with van der Waals surface area (Å²) >= 11 is 0. The predicted octanol–water partition coefficient (Wildman–Crippen LogP) is 5.20. The normalized spacial score (nSPS) is 21.2. The van der Waals surface area contributed by atoms with Gasteiger partial charge in [-0.1, -0.05) is 91.0 Å². The molecule has 1 fully saturated rings. The predicted molar refractivity (Wildman–Crippen MR) is 132 cm³/mol. The molecule has 1 N–H and O–H groups in total. The summed E-state index contributed by atoms with van der Waals surface area (Å²) in [5.74, 6) is 0. The van der Waals surface area contributed by atoms with Gasteiger partial charge < -0.3 is 14.6 Å². The molecular weight excluding hydrogens is 410 g/mol. The number of aliphatic hydroxyl groups excluding tert-OH is 1. The number of hydrogen-bond acceptors (Lipinski definition) is 4. The zero-order valence-electron chi connectivity index (χ0n) is 19.3. The SMILES string of the molecule is OCC[C@@H]1CC[C@H](OCc2ccccc2)[C@@H](COCc2ccccc2)N1Cc1ccccc1. The van der Waals surface area contributed by atoms with Crippen molar-refractivity contribution in [1.29, 1.82) is 0 Å². The highest BCUT2D eigenvalue weighted by Gasteiger charge is 2.37. The van der Waals surface area contributed by atoms with Crippen LogP contribution in [-0.2, 0) is 29.2 Å². The Balaban J connectivity index is 1.50. The van der Waals surface area contributed by atoms with Crippen molar-refractivity contribution in [2.24, 2.45) is 0 Å². The molecule has 0 amide bonds. The molecule has 4 rings (SSSR count). The number of likely N-dealkylation sites (tertiary alicyclic amines) is 1. The molecular formula is C29H35NO3. The zero-order valence-corrected chi connectivity index (χ0v) is 19.3. The van der Waals surface area contributed by atoms with Crippen molar-refractivity contribution in [3.63, 3.8) is 0 Å². The molecule has 1 aliphatic heterocycles. The third-order valence-corrected chi connectivity index (χ3v) is 6.49. The van der Waals surface area contributed by atoms with Crippen molar-refractivity contribution in [2.45, 2.75) is 57.2 Å². The van der Waals surface area contributed by atoms with Gasteiger partial charge in [-0.2, -0.15) is 0 Å². The summed E-state index contributed by atoms with van der Waals surface area (Å²) in [5.41, 5.74) is 3.64. The van der Waals surface area contributed by atoms with Crippen LogP contribution in [0.3, 0.4) is 0 Å². The van der Waals surface area contributed by atoms with Gasteiger partial charge in [0.2, 0.25) is 0 Å². The lowest BCUT2D eigenvalue weighted by Crippen LogP contribution is -2.56. The van der Waals surface area contributed by atoms with Gasteiger partial charge in [0.25, 0.3) is 0 Å². The molecule has 0 aliphatic carbocycles. The number of hydrogen-bond donors (Lipinski definition) is 1. The van der Waals surface area contributed by atoms with E-state index in [0.717, 1.165) is 25.8 Å². The fourth-order valence-electron chi connectivity index (χ4n) is 4.75. The maximum absolute atomic E-state index is 9.74. The molecule has 33 heavy (non-hydrogen) atoms. The molecule has 0 bridgehead atoms. The van der Waals surface area contributed by atoms with Crippen LogP contribution in [0.15, 0.2) is 91.0 Å². The summed E-state index contributed by atoms with van der Waals surface area (Å²) in [4.78, 5) is 2.51. The Morgan fingerprint density at radius 1 is 0.727 bits per heavy atom. The van der Waals surface area contributed by atoms with E-state index in [-0.39, 0.29) is 18.8 Å². The molecule has 0 aromatic heterocycles. The molecule has 0 unspecified atom stereocenters. The van der Waals surface area contributed by atoms with E-state index < -0.39 is 0 Å². The van der Waals surface area contributed by atoms with E-state index in [4.69, 9.17) is 9.47 Å². The minimum Gasteiger partial charge on any atom is -0.396 e. The molecule has 4 heteroatoms. The van der Waals surface area contributed by atoms with Crippen molar-refractivity contribution in [2.75, 3.05) is 13.2 Å². The van der Waals surface area contributed by atoms with Gasteiger partial charge >= 0.3 is 0 Å². The largest absolute Gasteiger partial charge is 0.396 e. The van der Waals surface area contributed by atoms with Gasteiger partial charge in [-0.3, -0.25) is 4.90 Å². The van der Waals surface area contributed by atoms with Gasteiger partial charge in [0, 0.05) is 19.2 Å². The standard InChI is InChI=1S/C29H35NO3/c31-19-18-27-16-17-29(33-22-26-14-8-3-9-15-26)28(23-32-21-25-12-6-2-7-13-25)30(27)20-24-10-4-1-5-11-24/h1-15,27-29,31H,16-23H2/t27-,28+,29-/m0/s1. The fraction of sp³-hybridized carbons (Fsp3) is 0.379. The third-order valence-electron chi connectivity index (χ3n) is 6.49. The summed E-state index contributed by atoms with van der Waals surface area (Å²) in [6.07, 6.45) is 2.84. The topological polar surface area (TPSA) is 41.9 Å². The quantitative estimate of drug-likeness (QED) is 0.440. The van der Waals surface area contributed by atoms with Crippen molar-refractivity contribution in [3.8, 4) is 0 Å². The maximum atomic E-state index is 9.74. The van der Waals surface area contributed by atoms with Crippen molar-refractivity contribution in [3.05, 3.63) is 108 Å². The zero-order chi connectivity index (χ0) is 22.7. The van der Waals surface area contributed by atoms with Crippen LogP contribution >= 0.6 is 0 Å². The minimum absolute atomic E-state index is 0.0830. The summed E-state index contributed by atoms with van der Waals surface area (Å²) in [5, 5.41) is 9.74. The van der Waals surface area contributed by atoms with Crippen molar-refractivity contribution >= 4 is 0 Å². The molecule has 0 spiro atoms. The molecule has 3 aromatic rings. The summed E-state index contributed by atoms with van der Waals surface area (Å²) < 4.78 is 12.7. The van der Waals surface area contributed by atoms with Crippen LogP contribution in [0.2, 0.25) is 0 Å². The number of aliphatic hydroxyl groups is 1. The number of ether oxygens (including phenoxy) is 2. The molecule has 3 aromatic carbocycles. The Kier molecular flexibility index (Phi) is 9.08. The first-order valence-electron chi connectivity index (χ1n) is 12.0. The Morgan fingerprint density at radius 2 is 1.30 bits per heavy atom. The van der Waals surface area contributed by atoms with Crippen molar-refractivity contribution < 1.29 is 14.6 Å². The van der Waals surface area contributed by atoms with Gasteiger partial charge in [-0.05, 0) is 36.0 Å². The number of nitrogens with zero attached hydrogens (tertiary/aromatic N) is 1. The summed E-state index contributed by atoms with van der Waals surface area (Å²) in [6, 6.07) is 31.7. The molecule has 1 saturated heterocycles. The van der Waals surface area contributed by atoms with E-state index in [1.807, 2.05) is 24.3 Å². The van der Waals surface area contributed by atoms with Crippen LogP contribution < -0.4 is 0 Å². The monoisotopic (exact) mass is 445 g/mol. The highest BCUT2D eigenvalue weighted by molar-refractivity contribution is 5.16. The first-order valence-corrected chi connectivity index (χ1v) is 12.0. The van der Waals surface area contributed by atoms with E-state index in [9.17, 15) is 5.11 Å². The average molecular weight is 446 g/mol. The molecule has 1 heterocycles. The van der Waals surface area contributed by atoms with E-state index >= 15 is 0 Å². The number of benzene rings is 3. The van der Waals surface area contributed by atoms with Crippen LogP contribution in [0, 0.1) is 0 Å². The second kappa shape index (κ2) is 12.7. The molecule has 3 atom stereocenters. The van der Waals surface area contributed by atoms with Crippen LogP contribution in [0.25, 0.3) is 0 Å². The second-order valence-corrected chi connectivity index (χ2v) is 8.80.